The molecule has 0 unspecified atom stereocenters. The van der Waals surface area contributed by atoms with Crippen LogP contribution >= 0.6 is 0 Å². The number of unbranched alkanes of at least 4 members (excludes halogenated alkanes) is 1. The molecule has 2 N–H and O–H groups in total. The molecule has 1 aromatic carbocycles. The lowest BCUT2D eigenvalue weighted by Crippen LogP contribution is -2.20. The van der Waals surface area contributed by atoms with Gasteiger partial charge < -0.3 is 5.73 Å². The van der Waals surface area contributed by atoms with Crippen molar-refractivity contribution in [1.29, 1.82) is 0 Å². The van der Waals surface area contributed by atoms with E-state index in [-0.39, 0.29) is 0 Å². The second kappa shape index (κ2) is 6.56. The van der Waals surface area contributed by atoms with Crippen LogP contribution in [0.15, 0.2) is 24.3 Å². The molecule has 106 valence electrons. The minimum absolute atomic E-state index is 0.568. The van der Waals surface area contributed by atoms with Crippen molar-refractivity contribution < 1.29 is 0 Å². The second-order valence-electron chi connectivity index (χ2n) is 6.93. The van der Waals surface area contributed by atoms with E-state index in [1.54, 1.807) is 5.56 Å². The molecule has 1 fully saturated rings. The molecule has 1 aromatic rings. The van der Waals surface area contributed by atoms with Gasteiger partial charge in [-0.25, -0.2) is 0 Å². The van der Waals surface area contributed by atoms with E-state index in [9.17, 15) is 0 Å². The number of hydrogen-bond acceptors (Lipinski definition) is 1. The van der Waals surface area contributed by atoms with Crippen LogP contribution in [0.4, 0.5) is 0 Å². The van der Waals surface area contributed by atoms with Crippen molar-refractivity contribution in [2.75, 3.05) is 6.54 Å². The summed E-state index contributed by atoms with van der Waals surface area (Å²) in [5.74, 6) is 0.797. The molecule has 1 nitrogen and oxygen atoms in total. The molecular weight excluding hydrogens is 230 g/mol. The summed E-state index contributed by atoms with van der Waals surface area (Å²) in [5, 5.41) is 0. The van der Waals surface area contributed by atoms with E-state index in [2.05, 4.69) is 38.1 Å². The summed E-state index contributed by atoms with van der Waals surface area (Å²) in [6, 6.07) is 9.37. The van der Waals surface area contributed by atoms with Gasteiger partial charge in [-0.3, -0.25) is 0 Å². The standard InChI is InChI=1S/C18H29N/c1-18(2)12-10-17(11-13-18)16-8-6-15(7-9-16)5-3-4-14-19/h6-9,17H,3-5,10-14,19H2,1-2H3. The molecule has 0 atom stereocenters. The molecule has 1 aliphatic carbocycles. The van der Waals surface area contributed by atoms with Crippen LogP contribution in [-0.4, -0.2) is 6.54 Å². The lowest BCUT2D eigenvalue weighted by atomic mass is 9.71. The summed E-state index contributed by atoms with van der Waals surface area (Å²) in [7, 11) is 0. The molecule has 0 saturated heterocycles. The van der Waals surface area contributed by atoms with Crippen LogP contribution in [0.25, 0.3) is 0 Å². The normalized spacial score (nSPS) is 19.5. The van der Waals surface area contributed by atoms with Crippen molar-refractivity contribution in [3.05, 3.63) is 35.4 Å². The lowest BCUT2D eigenvalue weighted by molar-refractivity contribution is 0.224. The van der Waals surface area contributed by atoms with E-state index in [1.165, 1.54) is 44.1 Å². The topological polar surface area (TPSA) is 26.0 Å². The maximum absolute atomic E-state index is 5.54. The Labute approximate surface area is 118 Å². The highest BCUT2D eigenvalue weighted by Crippen LogP contribution is 2.42. The zero-order chi connectivity index (χ0) is 13.7. The van der Waals surface area contributed by atoms with E-state index in [0.29, 0.717) is 5.41 Å². The Hall–Kier alpha value is -0.820. The average molecular weight is 259 g/mol. The number of aryl methyl sites for hydroxylation is 1. The van der Waals surface area contributed by atoms with Gasteiger partial charge in [0.25, 0.3) is 0 Å². The Morgan fingerprint density at radius 1 is 1.05 bits per heavy atom. The smallest absolute Gasteiger partial charge is 0.00772 e. The first-order valence-electron chi connectivity index (χ1n) is 7.90. The Kier molecular flexibility index (Phi) is 5.04. The van der Waals surface area contributed by atoms with Crippen molar-refractivity contribution >= 4 is 0 Å². The van der Waals surface area contributed by atoms with Gasteiger partial charge in [-0.15, -0.1) is 0 Å². The summed E-state index contributed by atoms with van der Waals surface area (Å²) in [6.45, 7) is 5.63. The van der Waals surface area contributed by atoms with Gasteiger partial charge in [0.1, 0.15) is 0 Å². The molecule has 1 saturated carbocycles. The van der Waals surface area contributed by atoms with E-state index in [0.717, 1.165) is 18.9 Å². The molecule has 0 spiro atoms. The van der Waals surface area contributed by atoms with E-state index in [1.807, 2.05) is 0 Å². The Balaban J connectivity index is 1.88. The van der Waals surface area contributed by atoms with Gasteiger partial charge in [0.2, 0.25) is 0 Å². The molecule has 0 aliphatic heterocycles. The molecule has 0 amide bonds. The fraction of sp³-hybridized carbons (Fsp3) is 0.667. The number of benzene rings is 1. The number of rotatable bonds is 5. The van der Waals surface area contributed by atoms with Gasteiger partial charge in [-0.1, -0.05) is 38.1 Å². The molecule has 1 aliphatic rings. The summed E-state index contributed by atoms with van der Waals surface area (Å²) in [6.07, 6.45) is 8.99. The third kappa shape index (κ3) is 4.35. The first kappa shape index (κ1) is 14.6. The SMILES string of the molecule is CC1(C)CCC(c2ccc(CCCCN)cc2)CC1. The maximum atomic E-state index is 5.54. The van der Waals surface area contributed by atoms with Crippen LogP contribution in [0.2, 0.25) is 0 Å². The first-order valence-corrected chi connectivity index (χ1v) is 7.90. The van der Waals surface area contributed by atoms with Gasteiger partial charge in [0, 0.05) is 0 Å². The molecule has 0 radical (unpaired) electrons. The molecule has 0 bridgehead atoms. The minimum Gasteiger partial charge on any atom is -0.330 e. The Morgan fingerprint density at radius 3 is 2.26 bits per heavy atom. The van der Waals surface area contributed by atoms with Gasteiger partial charge >= 0.3 is 0 Å². The quantitative estimate of drug-likeness (QED) is 0.765. The molecule has 0 heterocycles. The van der Waals surface area contributed by atoms with Crippen LogP contribution in [0, 0.1) is 5.41 Å². The monoisotopic (exact) mass is 259 g/mol. The van der Waals surface area contributed by atoms with Crippen molar-refractivity contribution in [1.82, 2.24) is 0 Å². The van der Waals surface area contributed by atoms with Crippen LogP contribution in [0.3, 0.4) is 0 Å². The third-order valence-electron chi connectivity index (χ3n) is 4.71. The predicted molar refractivity (Wildman–Crippen MR) is 83.4 cm³/mol. The molecule has 1 heteroatoms. The number of nitrogens with two attached hydrogens (primary N) is 1. The predicted octanol–water partition coefficient (Wildman–Crippen LogP) is 4.65. The van der Waals surface area contributed by atoms with Crippen molar-refractivity contribution in [2.24, 2.45) is 11.1 Å². The van der Waals surface area contributed by atoms with E-state index < -0.39 is 0 Å². The fourth-order valence-corrected chi connectivity index (χ4v) is 3.16. The van der Waals surface area contributed by atoms with Crippen molar-refractivity contribution in [3.8, 4) is 0 Å². The summed E-state index contributed by atoms with van der Waals surface area (Å²) >= 11 is 0. The maximum Gasteiger partial charge on any atom is -0.00772 e. The highest BCUT2D eigenvalue weighted by molar-refractivity contribution is 5.26. The van der Waals surface area contributed by atoms with Crippen molar-refractivity contribution in [2.45, 2.75) is 64.7 Å². The van der Waals surface area contributed by atoms with Gasteiger partial charge in [0.15, 0.2) is 0 Å². The van der Waals surface area contributed by atoms with Crippen molar-refractivity contribution in [3.63, 3.8) is 0 Å². The fourth-order valence-electron chi connectivity index (χ4n) is 3.16. The zero-order valence-electron chi connectivity index (χ0n) is 12.6. The molecule has 0 aromatic heterocycles. The molecule has 2 rings (SSSR count). The van der Waals surface area contributed by atoms with E-state index >= 15 is 0 Å². The highest BCUT2D eigenvalue weighted by Gasteiger charge is 2.27. The number of hydrogen-bond donors (Lipinski definition) is 1. The lowest BCUT2D eigenvalue weighted by Gasteiger charge is -2.34. The van der Waals surface area contributed by atoms with Gasteiger partial charge in [0.05, 0.1) is 0 Å². The average Bonchev–Trinajstić information content (AvgIpc) is 2.40. The van der Waals surface area contributed by atoms with Crippen LogP contribution in [0.1, 0.15) is 69.4 Å². The first-order chi connectivity index (χ1) is 9.11. The zero-order valence-corrected chi connectivity index (χ0v) is 12.6. The largest absolute Gasteiger partial charge is 0.330 e. The van der Waals surface area contributed by atoms with Crippen LogP contribution in [-0.2, 0) is 6.42 Å². The second-order valence-corrected chi connectivity index (χ2v) is 6.93. The van der Waals surface area contributed by atoms with Crippen LogP contribution < -0.4 is 5.73 Å². The summed E-state index contributed by atoms with van der Waals surface area (Å²) in [4.78, 5) is 0. The van der Waals surface area contributed by atoms with Gasteiger partial charge in [-0.05, 0) is 74.0 Å². The molecule has 19 heavy (non-hydrogen) atoms. The highest BCUT2D eigenvalue weighted by atomic mass is 14.5. The Morgan fingerprint density at radius 2 is 1.68 bits per heavy atom. The third-order valence-corrected chi connectivity index (χ3v) is 4.71. The summed E-state index contributed by atoms with van der Waals surface area (Å²) in [5.41, 5.74) is 9.12. The van der Waals surface area contributed by atoms with E-state index in [4.69, 9.17) is 5.73 Å². The van der Waals surface area contributed by atoms with Gasteiger partial charge in [-0.2, -0.15) is 0 Å². The van der Waals surface area contributed by atoms with Crippen LogP contribution in [0.5, 0.6) is 0 Å². The summed E-state index contributed by atoms with van der Waals surface area (Å²) < 4.78 is 0. The minimum atomic E-state index is 0.568. The molecular formula is C18H29N. The Bertz CT molecular complexity index is 367.